The number of aryl methyl sites for hydroxylation is 3. The quantitative estimate of drug-likeness (QED) is 0.651. The first-order valence-electron chi connectivity index (χ1n) is 7.43. The highest BCUT2D eigenvalue weighted by Crippen LogP contribution is 2.36. The molecule has 0 unspecified atom stereocenters. The van der Waals surface area contributed by atoms with E-state index in [-0.39, 0.29) is 5.04 Å². The van der Waals surface area contributed by atoms with E-state index in [1.54, 1.807) is 0 Å². The Morgan fingerprint density at radius 3 is 2.00 bits per heavy atom. The van der Waals surface area contributed by atoms with Crippen molar-refractivity contribution in [3.8, 4) is 0 Å². The second kappa shape index (κ2) is 6.27. The fourth-order valence-corrected chi connectivity index (χ4v) is 3.04. The summed E-state index contributed by atoms with van der Waals surface area (Å²) in [4.78, 5) is 0. The molecule has 0 radical (unpaired) electrons. The first-order valence-corrected chi connectivity index (χ1v) is 10.3. The molecule has 1 aromatic carbocycles. The summed E-state index contributed by atoms with van der Waals surface area (Å²) in [7, 11) is -1.63. The molecule has 112 valence electrons. The number of hydrogen-bond acceptors (Lipinski definition) is 1. The lowest BCUT2D eigenvalue weighted by Crippen LogP contribution is -2.40. The average molecular weight is 291 g/mol. The summed E-state index contributed by atoms with van der Waals surface area (Å²) in [6, 6.07) is 4.47. The van der Waals surface area contributed by atoms with Crippen molar-refractivity contribution in [2.45, 2.75) is 59.7 Å². The zero-order valence-corrected chi connectivity index (χ0v) is 15.4. The van der Waals surface area contributed by atoms with Gasteiger partial charge in [-0.25, -0.2) is 0 Å². The second-order valence-corrected chi connectivity index (χ2v) is 12.1. The van der Waals surface area contributed by atoms with Gasteiger partial charge in [0.25, 0.3) is 0 Å². The molecule has 2 heteroatoms. The summed E-state index contributed by atoms with van der Waals surface area (Å²) >= 11 is 0. The van der Waals surface area contributed by atoms with Gasteiger partial charge < -0.3 is 4.43 Å². The topological polar surface area (TPSA) is 9.23 Å². The van der Waals surface area contributed by atoms with E-state index >= 15 is 0 Å². The molecule has 0 spiro atoms. The minimum absolute atomic E-state index is 0.274. The van der Waals surface area contributed by atoms with Gasteiger partial charge in [-0.05, 0) is 55.6 Å². The average Bonchev–Trinajstić information content (AvgIpc) is 2.24. The van der Waals surface area contributed by atoms with Crippen LogP contribution < -0.4 is 0 Å². The van der Waals surface area contributed by atoms with E-state index in [4.69, 9.17) is 4.43 Å². The van der Waals surface area contributed by atoms with E-state index < -0.39 is 8.32 Å². The van der Waals surface area contributed by atoms with Crippen LogP contribution in [0.5, 0.6) is 0 Å². The molecule has 1 rings (SSSR count). The van der Waals surface area contributed by atoms with E-state index in [1.807, 2.05) is 0 Å². The van der Waals surface area contributed by atoms with Crippen LogP contribution in [0.15, 0.2) is 18.2 Å². The molecule has 0 atom stereocenters. The fraction of sp³-hybridized carbons (Fsp3) is 0.556. The number of benzene rings is 1. The molecule has 1 aromatic rings. The third-order valence-electron chi connectivity index (χ3n) is 4.37. The minimum atomic E-state index is -1.63. The molecule has 0 saturated carbocycles. The van der Waals surface area contributed by atoms with E-state index in [0.717, 1.165) is 0 Å². The van der Waals surface area contributed by atoms with Crippen LogP contribution in [0.3, 0.4) is 0 Å². The smallest absolute Gasteiger partial charge is 0.192 e. The van der Waals surface area contributed by atoms with Gasteiger partial charge in [-0.1, -0.05) is 50.6 Å². The van der Waals surface area contributed by atoms with Crippen LogP contribution in [-0.4, -0.2) is 14.9 Å². The second-order valence-electron chi connectivity index (χ2n) is 7.29. The largest absolute Gasteiger partial charge is 0.413 e. The first kappa shape index (κ1) is 17.2. The molecule has 0 fully saturated rings. The summed E-state index contributed by atoms with van der Waals surface area (Å²) < 4.78 is 6.17. The fourth-order valence-electron chi connectivity index (χ4n) is 2.09. The maximum absolute atomic E-state index is 6.17. The van der Waals surface area contributed by atoms with Gasteiger partial charge in [0, 0.05) is 0 Å². The Kier molecular flexibility index (Phi) is 5.39. The molecule has 0 aliphatic heterocycles. The maximum Gasteiger partial charge on any atom is 0.192 e. The normalized spacial score (nSPS) is 13.2. The zero-order chi connectivity index (χ0) is 15.6. The van der Waals surface area contributed by atoms with E-state index in [9.17, 15) is 0 Å². The van der Waals surface area contributed by atoms with Crippen molar-refractivity contribution in [2.24, 2.45) is 0 Å². The molecule has 0 amide bonds. The molecular formula is C18H30OSi. The molecule has 0 N–H and O–H groups in total. The highest BCUT2D eigenvalue weighted by Gasteiger charge is 2.36. The van der Waals surface area contributed by atoms with Crippen molar-refractivity contribution in [1.29, 1.82) is 0 Å². The van der Waals surface area contributed by atoms with E-state index in [2.05, 4.69) is 78.9 Å². The van der Waals surface area contributed by atoms with Crippen LogP contribution in [0, 0.1) is 20.8 Å². The van der Waals surface area contributed by atoms with Crippen LogP contribution in [0.4, 0.5) is 0 Å². The highest BCUT2D eigenvalue weighted by atomic mass is 28.4. The molecule has 0 aromatic heterocycles. The summed E-state index contributed by atoms with van der Waals surface area (Å²) in [5.74, 6) is 0. The summed E-state index contributed by atoms with van der Waals surface area (Å²) in [6.07, 6.45) is 4.36. The number of rotatable bonds is 4. The molecule has 0 heterocycles. The predicted octanol–water partition coefficient (Wildman–Crippen LogP) is 5.65. The SMILES string of the molecule is Cc1cc(C)c(/C=C/CO[Si](C)(C)C(C)(C)C)c(C)c1. The van der Waals surface area contributed by atoms with Crippen LogP contribution >= 0.6 is 0 Å². The van der Waals surface area contributed by atoms with E-state index in [0.29, 0.717) is 6.61 Å². The monoisotopic (exact) mass is 290 g/mol. The third-order valence-corrected chi connectivity index (χ3v) is 8.87. The summed E-state index contributed by atoms with van der Waals surface area (Å²) in [5, 5.41) is 0.274. The molecule has 20 heavy (non-hydrogen) atoms. The van der Waals surface area contributed by atoms with Crippen molar-refractivity contribution in [3.05, 3.63) is 40.5 Å². The number of hydrogen-bond donors (Lipinski definition) is 0. The van der Waals surface area contributed by atoms with Crippen molar-refractivity contribution < 1.29 is 4.43 Å². The Balaban J connectivity index is 2.72. The van der Waals surface area contributed by atoms with Gasteiger partial charge in [-0.15, -0.1) is 0 Å². The Bertz CT molecular complexity index is 470. The lowest BCUT2D eigenvalue weighted by molar-refractivity contribution is 0.328. The predicted molar refractivity (Wildman–Crippen MR) is 92.8 cm³/mol. The van der Waals surface area contributed by atoms with Gasteiger partial charge in [0.2, 0.25) is 0 Å². The van der Waals surface area contributed by atoms with Gasteiger partial charge in [-0.2, -0.15) is 0 Å². The molecule has 0 bridgehead atoms. The molecule has 0 saturated heterocycles. The van der Waals surface area contributed by atoms with E-state index in [1.165, 1.54) is 22.3 Å². The van der Waals surface area contributed by atoms with Crippen molar-refractivity contribution in [3.63, 3.8) is 0 Å². The van der Waals surface area contributed by atoms with Crippen LogP contribution in [0.25, 0.3) is 6.08 Å². The van der Waals surface area contributed by atoms with Gasteiger partial charge in [-0.3, -0.25) is 0 Å². The highest BCUT2D eigenvalue weighted by molar-refractivity contribution is 6.74. The molecular weight excluding hydrogens is 260 g/mol. The van der Waals surface area contributed by atoms with Gasteiger partial charge in [0.15, 0.2) is 8.32 Å². The van der Waals surface area contributed by atoms with Crippen molar-refractivity contribution in [2.75, 3.05) is 6.61 Å². The Labute approximate surface area is 126 Å². The van der Waals surface area contributed by atoms with Crippen LogP contribution in [0.2, 0.25) is 18.1 Å². The lowest BCUT2D eigenvalue weighted by Gasteiger charge is -2.35. The van der Waals surface area contributed by atoms with Crippen molar-refractivity contribution >= 4 is 14.4 Å². The molecule has 1 nitrogen and oxygen atoms in total. The summed E-state index contributed by atoms with van der Waals surface area (Å²) in [6.45, 7) is 18.6. The molecule has 0 aliphatic carbocycles. The Hall–Kier alpha value is -0.863. The third kappa shape index (κ3) is 4.32. The van der Waals surface area contributed by atoms with Crippen molar-refractivity contribution in [1.82, 2.24) is 0 Å². The van der Waals surface area contributed by atoms with Crippen LogP contribution in [0.1, 0.15) is 43.0 Å². The van der Waals surface area contributed by atoms with Gasteiger partial charge in [0.1, 0.15) is 0 Å². The first-order chi connectivity index (χ1) is 9.04. The lowest BCUT2D eigenvalue weighted by atomic mass is 9.99. The Morgan fingerprint density at radius 2 is 1.55 bits per heavy atom. The van der Waals surface area contributed by atoms with Crippen LogP contribution in [-0.2, 0) is 4.43 Å². The maximum atomic E-state index is 6.17. The zero-order valence-electron chi connectivity index (χ0n) is 14.4. The summed E-state index contributed by atoms with van der Waals surface area (Å²) in [5.41, 5.74) is 5.33. The van der Waals surface area contributed by atoms with Gasteiger partial charge in [0.05, 0.1) is 6.61 Å². The van der Waals surface area contributed by atoms with Gasteiger partial charge >= 0.3 is 0 Å². The Morgan fingerprint density at radius 1 is 1.05 bits per heavy atom. The molecule has 0 aliphatic rings. The minimum Gasteiger partial charge on any atom is -0.413 e. The standard InChI is InChI=1S/C18H30OSi/c1-14-12-15(2)17(16(3)13-14)10-9-11-19-20(7,8)18(4,5)6/h9-10,12-13H,11H2,1-8H3/b10-9+.